The zero-order chi connectivity index (χ0) is 21.3. The van der Waals surface area contributed by atoms with Crippen LogP contribution >= 0.6 is 11.8 Å². The molecule has 30 heavy (non-hydrogen) atoms. The molecule has 0 aromatic rings. The van der Waals surface area contributed by atoms with Crippen LogP contribution in [-0.4, -0.2) is 54.9 Å². The summed E-state index contributed by atoms with van der Waals surface area (Å²) in [6.45, 7) is 12.1. The molecule has 0 saturated carbocycles. The van der Waals surface area contributed by atoms with E-state index in [1.165, 1.54) is 54.4 Å². The molecule has 162 valence electrons. The van der Waals surface area contributed by atoms with Crippen LogP contribution in [0.1, 0.15) is 39.5 Å². The van der Waals surface area contributed by atoms with Crippen molar-refractivity contribution in [2.24, 2.45) is 4.99 Å². The Morgan fingerprint density at radius 3 is 2.93 bits per heavy atom. The Morgan fingerprint density at radius 2 is 2.17 bits per heavy atom. The van der Waals surface area contributed by atoms with Gasteiger partial charge in [-0.3, -0.25) is 9.71 Å². The molecule has 1 unspecified atom stereocenters. The van der Waals surface area contributed by atoms with E-state index in [4.69, 9.17) is 0 Å². The lowest BCUT2D eigenvalue weighted by Crippen LogP contribution is -2.42. The van der Waals surface area contributed by atoms with Crippen molar-refractivity contribution in [1.82, 2.24) is 14.5 Å². The molecule has 3 aliphatic heterocycles. The minimum absolute atomic E-state index is 0.261. The first-order valence-corrected chi connectivity index (χ1v) is 12.9. The monoisotopic (exact) mass is 446 g/mol. The first kappa shape index (κ1) is 21.5. The first-order valence-electron chi connectivity index (χ1n) is 10.5. The van der Waals surface area contributed by atoms with Crippen molar-refractivity contribution >= 4 is 27.0 Å². The van der Waals surface area contributed by atoms with Gasteiger partial charge in [-0.25, -0.2) is 8.42 Å². The smallest absolute Gasteiger partial charge is 0.256 e. The summed E-state index contributed by atoms with van der Waals surface area (Å²) in [5.74, 6) is 0. The van der Waals surface area contributed by atoms with E-state index < -0.39 is 15.4 Å². The maximum atomic E-state index is 12.8. The van der Waals surface area contributed by atoms with Gasteiger partial charge in [0.1, 0.15) is 0 Å². The number of amidine groups is 1. The van der Waals surface area contributed by atoms with Gasteiger partial charge in [0.05, 0.1) is 6.54 Å². The summed E-state index contributed by atoms with van der Waals surface area (Å²) >= 11 is 1.45. The number of allylic oxidation sites excluding steroid dienone is 6. The van der Waals surface area contributed by atoms with Crippen molar-refractivity contribution in [3.63, 3.8) is 0 Å². The topological polar surface area (TPSA) is 65.0 Å². The molecule has 0 aromatic heterocycles. The predicted molar refractivity (Wildman–Crippen MR) is 125 cm³/mol. The zero-order valence-corrected chi connectivity index (χ0v) is 19.4. The van der Waals surface area contributed by atoms with Crippen LogP contribution in [0.3, 0.4) is 0 Å². The van der Waals surface area contributed by atoms with E-state index in [9.17, 15) is 8.42 Å². The summed E-state index contributed by atoms with van der Waals surface area (Å²) in [5.41, 5.74) is 5.63. The van der Waals surface area contributed by atoms with E-state index in [1.807, 2.05) is 17.6 Å². The second-order valence-corrected chi connectivity index (χ2v) is 11.0. The Hall–Kier alpha value is -1.77. The lowest BCUT2D eigenvalue weighted by Gasteiger charge is -2.21. The molecule has 0 spiro atoms. The van der Waals surface area contributed by atoms with Gasteiger partial charge in [-0.1, -0.05) is 30.0 Å². The number of hydrogen-bond acceptors (Lipinski definition) is 6. The number of thioether (sulfide) groups is 1. The summed E-state index contributed by atoms with van der Waals surface area (Å²) in [6, 6.07) is 0. The number of hydrogen-bond donors (Lipinski definition) is 1. The van der Waals surface area contributed by atoms with Crippen LogP contribution in [-0.2, 0) is 10.0 Å². The van der Waals surface area contributed by atoms with Crippen molar-refractivity contribution in [1.29, 1.82) is 0 Å². The van der Waals surface area contributed by atoms with E-state index in [0.29, 0.717) is 5.70 Å². The number of nitrogens with one attached hydrogen (secondary N) is 1. The number of likely N-dealkylation sites (tertiary alicyclic amines) is 1. The Kier molecular flexibility index (Phi) is 6.27. The summed E-state index contributed by atoms with van der Waals surface area (Å²) in [7, 11) is -3.55. The third-order valence-corrected chi connectivity index (χ3v) is 8.61. The largest absolute Gasteiger partial charge is 0.306 e. The molecule has 1 N–H and O–H groups in total. The normalized spacial score (nSPS) is 26.3. The highest BCUT2D eigenvalue weighted by molar-refractivity contribution is 8.16. The standard InChI is InChI=1S/C22H30N4O2S2/c1-16-14-19(18(3)20(16)8-11-25-9-4-5-10-25)7-6-17(2)24-30(27,28)21-15-23-22-26(21)12-13-29-22/h6-7,12-13,21,24H,3-5,8-11,14-15H2,1-2H3/b17-6+,19-7-. The fraction of sp³-hybridized carbons (Fsp3) is 0.500. The van der Waals surface area contributed by atoms with Crippen molar-refractivity contribution in [2.45, 2.75) is 44.9 Å². The van der Waals surface area contributed by atoms with Gasteiger partial charge in [0.15, 0.2) is 10.5 Å². The lowest BCUT2D eigenvalue weighted by molar-refractivity contribution is 0.343. The van der Waals surface area contributed by atoms with Crippen LogP contribution in [0.2, 0.25) is 0 Å². The Bertz CT molecular complexity index is 983. The van der Waals surface area contributed by atoms with Crippen LogP contribution in [0.15, 0.2) is 63.3 Å². The summed E-state index contributed by atoms with van der Waals surface area (Å²) in [5, 5.41) is 1.92. The number of sulfonamides is 1. The molecule has 8 heteroatoms. The van der Waals surface area contributed by atoms with Gasteiger partial charge in [0.25, 0.3) is 10.0 Å². The van der Waals surface area contributed by atoms with E-state index in [-0.39, 0.29) is 6.54 Å². The molecule has 0 bridgehead atoms. The van der Waals surface area contributed by atoms with Crippen LogP contribution < -0.4 is 4.72 Å². The molecule has 3 heterocycles. The Labute approximate surface area is 184 Å². The molecule has 4 rings (SSSR count). The van der Waals surface area contributed by atoms with Crippen molar-refractivity contribution < 1.29 is 8.42 Å². The highest BCUT2D eigenvalue weighted by Gasteiger charge is 2.38. The van der Waals surface area contributed by atoms with Gasteiger partial charge in [0, 0.05) is 18.4 Å². The summed E-state index contributed by atoms with van der Waals surface area (Å²) in [4.78, 5) is 8.55. The van der Waals surface area contributed by atoms with Crippen molar-refractivity contribution in [3.05, 3.63) is 58.3 Å². The molecule has 0 radical (unpaired) electrons. The van der Waals surface area contributed by atoms with Gasteiger partial charge in [-0.05, 0) is 80.8 Å². The van der Waals surface area contributed by atoms with Gasteiger partial charge in [0.2, 0.25) is 0 Å². The SMILES string of the molecule is C=C1C(CCN2CCCC2)=C(C)C/C1=C/C=C(\C)NS(=O)(=O)C1CN=C2SC=CN21. The fourth-order valence-corrected chi connectivity index (χ4v) is 6.65. The quantitative estimate of drug-likeness (QED) is 0.646. The number of fused-ring (bicyclic) bond motifs is 1. The highest BCUT2D eigenvalue weighted by atomic mass is 32.2. The van der Waals surface area contributed by atoms with Gasteiger partial charge in [-0.15, -0.1) is 0 Å². The molecule has 1 aliphatic carbocycles. The number of aliphatic imine (C=N–C) groups is 1. The number of rotatable bonds is 7. The third kappa shape index (κ3) is 4.45. The van der Waals surface area contributed by atoms with Gasteiger partial charge < -0.3 is 9.80 Å². The summed E-state index contributed by atoms with van der Waals surface area (Å²) < 4.78 is 28.3. The molecule has 1 atom stereocenters. The highest BCUT2D eigenvalue weighted by Crippen LogP contribution is 2.37. The third-order valence-electron chi connectivity index (χ3n) is 6.10. The average molecular weight is 447 g/mol. The van der Waals surface area contributed by atoms with Gasteiger partial charge in [-0.2, -0.15) is 0 Å². The minimum atomic E-state index is -3.55. The van der Waals surface area contributed by atoms with E-state index >= 15 is 0 Å². The second kappa shape index (κ2) is 8.77. The summed E-state index contributed by atoms with van der Waals surface area (Å²) in [6.07, 6.45) is 10.2. The molecule has 4 aliphatic rings. The van der Waals surface area contributed by atoms with Crippen LogP contribution in [0.25, 0.3) is 0 Å². The van der Waals surface area contributed by atoms with E-state index in [1.54, 1.807) is 18.0 Å². The van der Waals surface area contributed by atoms with Crippen LogP contribution in [0.5, 0.6) is 0 Å². The molecule has 6 nitrogen and oxygen atoms in total. The fourth-order valence-electron chi connectivity index (χ4n) is 4.41. The maximum Gasteiger partial charge on any atom is 0.256 e. The van der Waals surface area contributed by atoms with E-state index in [2.05, 4.69) is 28.1 Å². The average Bonchev–Trinajstić information content (AvgIpc) is 3.44. The Balaban J connectivity index is 1.36. The van der Waals surface area contributed by atoms with Crippen molar-refractivity contribution in [3.8, 4) is 0 Å². The lowest BCUT2D eigenvalue weighted by atomic mass is 10.0. The van der Waals surface area contributed by atoms with Crippen LogP contribution in [0, 0.1) is 0 Å². The van der Waals surface area contributed by atoms with E-state index in [0.717, 1.165) is 30.1 Å². The first-order chi connectivity index (χ1) is 14.3. The predicted octanol–water partition coefficient (Wildman–Crippen LogP) is 3.71. The second-order valence-electron chi connectivity index (χ2n) is 8.29. The zero-order valence-electron chi connectivity index (χ0n) is 17.7. The van der Waals surface area contributed by atoms with Crippen LogP contribution in [0.4, 0.5) is 0 Å². The molecular formula is C22H30N4O2S2. The van der Waals surface area contributed by atoms with Crippen molar-refractivity contribution in [2.75, 3.05) is 26.2 Å². The molecule has 0 aromatic carbocycles. The molecule has 1 fully saturated rings. The van der Waals surface area contributed by atoms with Gasteiger partial charge >= 0.3 is 0 Å². The Morgan fingerprint density at radius 1 is 1.40 bits per heavy atom. The minimum Gasteiger partial charge on any atom is -0.306 e. The maximum absolute atomic E-state index is 12.8. The molecule has 1 saturated heterocycles. The number of nitrogens with zero attached hydrogens (tertiary/aromatic N) is 3. The molecular weight excluding hydrogens is 416 g/mol. The molecule has 0 amide bonds.